The fourth-order valence-corrected chi connectivity index (χ4v) is 2.30. The SMILES string of the molecule is CN(C)CCN1CCN(c2cc(CN)ccn2)CC1. The second-order valence-corrected chi connectivity index (χ2v) is 5.36. The molecule has 2 heterocycles. The van der Waals surface area contributed by atoms with Gasteiger partial charge in [-0.15, -0.1) is 0 Å². The highest BCUT2D eigenvalue weighted by Gasteiger charge is 2.17. The largest absolute Gasteiger partial charge is 0.354 e. The van der Waals surface area contributed by atoms with Gasteiger partial charge in [-0.25, -0.2) is 4.98 Å². The predicted molar refractivity (Wildman–Crippen MR) is 79.3 cm³/mol. The number of nitrogens with zero attached hydrogens (tertiary/aromatic N) is 4. The van der Waals surface area contributed by atoms with Gasteiger partial charge in [0.05, 0.1) is 0 Å². The van der Waals surface area contributed by atoms with Crippen molar-refractivity contribution >= 4 is 5.82 Å². The molecule has 1 aliphatic heterocycles. The van der Waals surface area contributed by atoms with Crippen LogP contribution >= 0.6 is 0 Å². The lowest BCUT2D eigenvalue weighted by atomic mass is 10.2. The third kappa shape index (κ3) is 4.16. The summed E-state index contributed by atoms with van der Waals surface area (Å²) in [6, 6.07) is 4.09. The maximum absolute atomic E-state index is 5.68. The summed E-state index contributed by atoms with van der Waals surface area (Å²) < 4.78 is 0. The summed E-state index contributed by atoms with van der Waals surface area (Å²) in [4.78, 5) is 11.6. The Morgan fingerprint density at radius 1 is 1.26 bits per heavy atom. The first kappa shape index (κ1) is 14.2. The summed E-state index contributed by atoms with van der Waals surface area (Å²) in [5.74, 6) is 1.07. The Balaban J connectivity index is 1.85. The summed E-state index contributed by atoms with van der Waals surface area (Å²) in [6.07, 6.45) is 1.86. The van der Waals surface area contributed by atoms with Crippen LogP contribution in [0.1, 0.15) is 5.56 Å². The predicted octanol–water partition coefficient (Wildman–Crippen LogP) is 0.224. The van der Waals surface area contributed by atoms with E-state index in [0.717, 1.165) is 50.6 Å². The van der Waals surface area contributed by atoms with Crippen molar-refractivity contribution in [1.82, 2.24) is 14.8 Å². The molecule has 1 aromatic rings. The summed E-state index contributed by atoms with van der Waals surface area (Å²) in [6.45, 7) is 7.18. The first-order chi connectivity index (χ1) is 9.19. The van der Waals surface area contributed by atoms with E-state index in [-0.39, 0.29) is 0 Å². The van der Waals surface area contributed by atoms with Crippen LogP contribution < -0.4 is 10.6 Å². The molecule has 2 N–H and O–H groups in total. The molecule has 0 radical (unpaired) electrons. The summed E-state index contributed by atoms with van der Waals surface area (Å²) in [5.41, 5.74) is 6.83. The smallest absolute Gasteiger partial charge is 0.128 e. The van der Waals surface area contributed by atoms with E-state index in [1.807, 2.05) is 12.3 Å². The molecule has 1 aliphatic rings. The van der Waals surface area contributed by atoms with Gasteiger partial charge in [0, 0.05) is 52.0 Å². The molecule has 5 heteroatoms. The van der Waals surface area contributed by atoms with Crippen molar-refractivity contribution in [2.75, 3.05) is 58.3 Å². The van der Waals surface area contributed by atoms with Crippen molar-refractivity contribution in [2.45, 2.75) is 6.54 Å². The van der Waals surface area contributed by atoms with E-state index < -0.39 is 0 Å². The number of rotatable bonds is 5. The van der Waals surface area contributed by atoms with Crippen molar-refractivity contribution in [3.05, 3.63) is 23.9 Å². The number of hydrogen-bond donors (Lipinski definition) is 1. The Kier molecular flexibility index (Phi) is 5.13. The summed E-state index contributed by atoms with van der Waals surface area (Å²) in [5, 5.41) is 0. The van der Waals surface area contributed by atoms with E-state index in [1.165, 1.54) is 0 Å². The van der Waals surface area contributed by atoms with Crippen molar-refractivity contribution in [2.24, 2.45) is 5.73 Å². The average molecular weight is 263 g/mol. The van der Waals surface area contributed by atoms with Gasteiger partial charge in [0.2, 0.25) is 0 Å². The van der Waals surface area contributed by atoms with Crippen LogP contribution in [0.5, 0.6) is 0 Å². The molecule has 5 nitrogen and oxygen atoms in total. The molecule has 0 aliphatic carbocycles. The van der Waals surface area contributed by atoms with Crippen LogP contribution in [0, 0.1) is 0 Å². The Bertz CT molecular complexity index is 385. The molecule has 0 aromatic carbocycles. The van der Waals surface area contributed by atoms with Crippen LogP contribution in [0.15, 0.2) is 18.3 Å². The van der Waals surface area contributed by atoms with Gasteiger partial charge in [0.1, 0.15) is 5.82 Å². The topological polar surface area (TPSA) is 48.6 Å². The van der Waals surface area contributed by atoms with Gasteiger partial charge in [-0.05, 0) is 31.8 Å². The van der Waals surface area contributed by atoms with E-state index in [1.54, 1.807) is 0 Å². The molecular weight excluding hydrogens is 238 g/mol. The van der Waals surface area contributed by atoms with Crippen molar-refractivity contribution < 1.29 is 0 Å². The molecule has 0 amide bonds. The highest BCUT2D eigenvalue weighted by atomic mass is 15.3. The van der Waals surface area contributed by atoms with Gasteiger partial charge in [0.15, 0.2) is 0 Å². The van der Waals surface area contributed by atoms with Gasteiger partial charge < -0.3 is 15.5 Å². The van der Waals surface area contributed by atoms with Gasteiger partial charge in [-0.3, -0.25) is 4.90 Å². The lowest BCUT2D eigenvalue weighted by molar-refractivity contribution is 0.229. The highest BCUT2D eigenvalue weighted by Crippen LogP contribution is 2.14. The minimum Gasteiger partial charge on any atom is -0.354 e. The van der Waals surface area contributed by atoms with E-state index >= 15 is 0 Å². The number of piperazine rings is 1. The van der Waals surface area contributed by atoms with Crippen molar-refractivity contribution in [3.8, 4) is 0 Å². The fourth-order valence-electron chi connectivity index (χ4n) is 2.30. The van der Waals surface area contributed by atoms with Crippen LogP contribution in [-0.2, 0) is 6.54 Å². The van der Waals surface area contributed by atoms with Gasteiger partial charge >= 0.3 is 0 Å². The zero-order valence-electron chi connectivity index (χ0n) is 12.0. The fraction of sp³-hybridized carbons (Fsp3) is 0.643. The quantitative estimate of drug-likeness (QED) is 0.824. The second kappa shape index (κ2) is 6.84. The average Bonchev–Trinajstić information content (AvgIpc) is 2.45. The minimum absolute atomic E-state index is 0.582. The molecule has 0 atom stereocenters. The van der Waals surface area contributed by atoms with Crippen LogP contribution in [0.4, 0.5) is 5.82 Å². The number of hydrogen-bond acceptors (Lipinski definition) is 5. The molecule has 0 bridgehead atoms. The lowest BCUT2D eigenvalue weighted by Gasteiger charge is -2.35. The van der Waals surface area contributed by atoms with Gasteiger partial charge in [-0.1, -0.05) is 0 Å². The number of aromatic nitrogens is 1. The maximum Gasteiger partial charge on any atom is 0.128 e. The molecular formula is C14H25N5. The molecule has 106 valence electrons. The Morgan fingerprint density at radius 2 is 2.00 bits per heavy atom. The number of likely N-dealkylation sites (N-methyl/N-ethyl adjacent to an activating group) is 1. The maximum atomic E-state index is 5.68. The van der Waals surface area contributed by atoms with Crippen molar-refractivity contribution in [3.63, 3.8) is 0 Å². The van der Waals surface area contributed by atoms with Gasteiger partial charge in [0.25, 0.3) is 0 Å². The normalized spacial score (nSPS) is 17.2. The van der Waals surface area contributed by atoms with E-state index in [0.29, 0.717) is 6.54 Å². The molecule has 0 unspecified atom stereocenters. The van der Waals surface area contributed by atoms with Crippen LogP contribution in [-0.4, -0.2) is 68.1 Å². The molecule has 0 saturated carbocycles. The molecule has 2 rings (SSSR count). The number of nitrogens with two attached hydrogens (primary N) is 1. The number of anilines is 1. The second-order valence-electron chi connectivity index (χ2n) is 5.36. The zero-order chi connectivity index (χ0) is 13.7. The summed E-state index contributed by atoms with van der Waals surface area (Å²) in [7, 11) is 4.25. The Hall–Kier alpha value is -1.17. The van der Waals surface area contributed by atoms with E-state index in [9.17, 15) is 0 Å². The standard InChI is InChI=1S/C14H25N5/c1-17(2)5-6-18-7-9-19(10-8-18)14-11-13(12-15)3-4-16-14/h3-4,11H,5-10,12,15H2,1-2H3. The Morgan fingerprint density at radius 3 is 2.63 bits per heavy atom. The molecule has 1 saturated heterocycles. The third-order valence-corrected chi connectivity index (χ3v) is 3.61. The zero-order valence-corrected chi connectivity index (χ0v) is 12.0. The number of pyridine rings is 1. The highest BCUT2D eigenvalue weighted by molar-refractivity contribution is 5.41. The first-order valence-corrected chi connectivity index (χ1v) is 6.96. The Labute approximate surface area is 116 Å². The molecule has 19 heavy (non-hydrogen) atoms. The monoisotopic (exact) mass is 263 g/mol. The van der Waals surface area contributed by atoms with Crippen LogP contribution in [0.2, 0.25) is 0 Å². The van der Waals surface area contributed by atoms with E-state index in [2.05, 4.69) is 39.8 Å². The summed E-state index contributed by atoms with van der Waals surface area (Å²) >= 11 is 0. The minimum atomic E-state index is 0.582. The van der Waals surface area contributed by atoms with Crippen LogP contribution in [0.3, 0.4) is 0 Å². The van der Waals surface area contributed by atoms with Crippen molar-refractivity contribution in [1.29, 1.82) is 0 Å². The van der Waals surface area contributed by atoms with Gasteiger partial charge in [-0.2, -0.15) is 0 Å². The van der Waals surface area contributed by atoms with E-state index in [4.69, 9.17) is 5.73 Å². The first-order valence-electron chi connectivity index (χ1n) is 6.96. The molecule has 0 spiro atoms. The van der Waals surface area contributed by atoms with Crippen LogP contribution in [0.25, 0.3) is 0 Å². The molecule has 1 aromatic heterocycles. The lowest BCUT2D eigenvalue weighted by Crippen LogP contribution is -2.48. The molecule has 1 fully saturated rings. The third-order valence-electron chi connectivity index (χ3n) is 3.61.